The van der Waals surface area contributed by atoms with E-state index in [2.05, 4.69) is 10.4 Å². The SMILES string of the molecule is Cn1cc(CNC(=O)C2CN(C(=O)CCl)c3ccccc3O2)cn1. The highest BCUT2D eigenvalue weighted by molar-refractivity contribution is 6.29. The lowest BCUT2D eigenvalue weighted by Crippen LogP contribution is -2.50. The number of amides is 2. The van der Waals surface area contributed by atoms with Crippen molar-refractivity contribution in [3.8, 4) is 5.75 Å². The maximum absolute atomic E-state index is 12.4. The van der Waals surface area contributed by atoms with Crippen LogP contribution in [0.1, 0.15) is 5.56 Å². The number of carbonyl (C=O) groups is 2. The Morgan fingerprint density at radius 2 is 2.21 bits per heavy atom. The zero-order valence-corrected chi connectivity index (χ0v) is 13.9. The quantitative estimate of drug-likeness (QED) is 0.838. The Hall–Kier alpha value is -2.54. The second-order valence-corrected chi connectivity index (χ2v) is 5.72. The predicted molar refractivity (Wildman–Crippen MR) is 89.0 cm³/mol. The molecule has 0 radical (unpaired) electrons. The minimum Gasteiger partial charge on any atom is -0.477 e. The number of ether oxygens (including phenoxy) is 1. The molecule has 0 saturated heterocycles. The van der Waals surface area contributed by atoms with Crippen molar-refractivity contribution in [2.75, 3.05) is 17.3 Å². The molecule has 1 N–H and O–H groups in total. The first-order valence-electron chi connectivity index (χ1n) is 7.45. The molecular weight excluding hydrogens is 332 g/mol. The van der Waals surface area contributed by atoms with E-state index in [1.54, 1.807) is 35.1 Å². The molecule has 0 aliphatic carbocycles. The van der Waals surface area contributed by atoms with Crippen molar-refractivity contribution in [3.05, 3.63) is 42.2 Å². The van der Waals surface area contributed by atoms with Gasteiger partial charge in [0.1, 0.15) is 11.6 Å². The maximum atomic E-state index is 12.4. The van der Waals surface area contributed by atoms with Crippen molar-refractivity contribution in [2.45, 2.75) is 12.6 Å². The highest BCUT2D eigenvalue weighted by Gasteiger charge is 2.33. The highest BCUT2D eigenvalue weighted by Crippen LogP contribution is 2.33. The second kappa shape index (κ2) is 6.92. The largest absolute Gasteiger partial charge is 0.477 e. The molecule has 1 aromatic carbocycles. The van der Waals surface area contributed by atoms with E-state index in [0.717, 1.165) is 5.56 Å². The molecule has 7 nitrogen and oxygen atoms in total. The molecule has 1 aliphatic rings. The Morgan fingerprint density at radius 3 is 2.92 bits per heavy atom. The Kier molecular flexibility index (Phi) is 4.71. The molecule has 1 unspecified atom stereocenters. The van der Waals surface area contributed by atoms with Gasteiger partial charge in [0.05, 0.1) is 18.4 Å². The van der Waals surface area contributed by atoms with Crippen molar-refractivity contribution >= 4 is 29.1 Å². The third-order valence-corrected chi connectivity index (χ3v) is 3.94. The van der Waals surface area contributed by atoms with Gasteiger partial charge in [0, 0.05) is 25.4 Å². The van der Waals surface area contributed by atoms with Crippen LogP contribution in [0.4, 0.5) is 5.69 Å². The monoisotopic (exact) mass is 348 g/mol. The Balaban J connectivity index is 1.72. The summed E-state index contributed by atoms with van der Waals surface area (Å²) >= 11 is 5.68. The van der Waals surface area contributed by atoms with Crippen molar-refractivity contribution in [3.63, 3.8) is 0 Å². The number of hydrogen-bond donors (Lipinski definition) is 1. The summed E-state index contributed by atoms with van der Waals surface area (Å²) in [6.07, 6.45) is 2.71. The lowest BCUT2D eigenvalue weighted by Gasteiger charge is -2.33. The normalized spacial score (nSPS) is 16.2. The van der Waals surface area contributed by atoms with Crippen LogP contribution in [0.5, 0.6) is 5.75 Å². The van der Waals surface area contributed by atoms with Gasteiger partial charge in [-0.1, -0.05) is 12.1 Å². The molecule has 0 bridgehead atoms. The fourth-order valence-corrected chi connectivity index (χ4v) is 2.69. The number of halogens is 1. The summed E-state index contributed by atoms with van der Waals surface area (Å²) in [5.74, 6) is -0.222. The second-order valence-electron chi connectivity index (χ2n) is 5.45. The molecule has 0 saturated carbocycles. The van der Waals surface area contributed by atoms with E-state index in [0.29, 0.717) is 18.0 Å². The van der Waals surface area contributed by atoms with E-state index < -0.39 is 6.10 Å². The standard InChI is InChI=1S/C16H17ClN4O3/c1-20-9-11(8-19-20)7-18-16(23)14-10-21(15(22)6-17)12-4-2-3-5-13(12)24-14/h2-5,8-9,14H,6-7,10H2,1H3,(H,18,23). The zero-order chi connectivity index (χ0) is 17.1. The first-order chi connectivity index (χ1) is 11.6. The van der Waals surface area contributed by atoms with Crippen LogP contribution in [-0.4, -0.2) is 40.1 Å². The van der Waals surface area contributed by atoms with Gasteiger partial charge in [-0.25, -0.2) is 0 Å². The number of aryl methyl sites for hydroxylation is 1. The molecular formula is C16H17ClN4O3. The molecule has 0 spiro atoms. The van der Waals surface area contributed by atoms with Crippen molar-refractivity contribution in [2.24, 2.45) is 7.05 Å². The summed E-state index contributed by atoms with van der Waals surface area (Å²) < 4.78 is 7.40. The van der Waals surface area contributed by atoms with Gasteiger partial charge in [-0.05, 0) is 12.1 Å². The molecule has 1 aliphatic heterocycles. The number of alkyl halides is 1. The number of carbonyl (C=O) groups excluding carboxylic acids is 2. The van der Waals surface area contributed by atoms with Crippen LogP contribution in [0.15, 0.2) is 36.7 Å². The Bertz CT molecular complexity index is 761. The molecule has 1 atom stereocenters. The van der Waals surface area contributed by atoms with Gasteiger partial charge in [-0.2, -0.15) is 5.10 Å². The van der Waals surface area contributed by atoms with Crippen LogP contribution in [0.25, 0.3) is 0 Å². The smallest absolute Gasteiger partial charge is 0.263 e. The summed E-state index contributed by atoms with van der Waals surface area (Å²) in [6, 6.07) is 7.09. The van der Waals surface area contributed by atoms with Crippen LogP contribution in [-0.2, 0) is 23.2 Å². The van der Waals surface area contributed by atoms with Crippen molar-refractivity contribution in [1.29, 1.82) is 0 Å². The van der Waals surface area contributed by atoms with E-state index in [1.165, 1.54) is 4.90 Å². The molecule has 0 fully saturated rings. The van der Waals surface area contributed by atoms with Crippen molar-refractivity contribution in [1.82, 2.24) is 15.1 Å². The third-order valence-electron chi connectivity index (χ3n) is 3.71. The van der Waals surface area contributed by atoms with Gasteiger partial charge in [0.15, 0.2) is 6.10 Å². The lowest BCUT2D eigenvalue weighted by molar-refractivity contribution is -0.128. The van der Waals surface area contributed by atoms with E-state index in [9.17, 15) is 9.59 Å². The van der Waals surface area contributed by atoms with Gasteiger partial charge in [-0.15, -0.1) is 11.6 Å². The number of aromatic nitrogens is 2. The van der Waals surface area contributed by atoms with Gasteiger partial charge in [0.25, 0.3) is 5.91 Å². The molecule has 126 valence electrons. The molecule has 2 aromatic rings. The van der Waals surface area contributed by atoms with Gasteiger partial charge >= 0.3 is 0 Å². The fraction of sp³-hybridized carbons (Fsp3) is 0.312. The molecule has 24 heavy (non-hydrogen) atoms. The first-order valence-corrected chi connectivity index (χ1v) is 7.99. The summed E-state index contributed by atoms with van der Waals surface area (Å²) in [5.41, 5.74) is 1.51. The van der Waals surface area contributed by atoms with Gasteiger partial charge in [-0.3, -0.25) is 14.3 Å². The fourth-order valence-electron chi connectivity index (χ4n) is 2.55. The first kappa shape index (κ1) is 16.3. The van der Waals surface area contributed by atoms with Crippen molar-refractivity contribution < 1.29 is 14.3 Å². The van der Waals surface area contributed by atoms with E-state index in [4.69, 9.17) is 16.3 Å². The summed E-state index contributed by atoms with van der Waals surface area (Å²) in [7, 11) is 1.81. The minimum atomic E-state index is -0.788. The lowest BCUT2D eigenvalue weighted by atomic mass is 10.1. The minimum absolute atomic E-state index is 0.126. The molecule has 3 rings (SSSR count). The highest BCUT2D eigenvalue weighted by atomic mass is 35.5. The van der Waals surface area contributed by atoms with Gasteiger partial charge < -0.3 is 15.0 Å². The van der Waals surface area contributed by atoms with E-state index in [1.807, 2.05) is 13.2 Å². The number of rotatable bonds is 4. The van der Waals surface area contributed by atoms with Gasteiger partial charge in [0.2, 0.25) is 5.91 Å². The third kappa shape index (κ3) is 3.35. The number of hydrogen-bond acceptors (Lipinski definition) is 4. The Morgan fingerprint density at radius 1 is 1.42 bits per heavy atom. The van der Waals surface area contributed by atoms with Crippen LogP contribution in [0.2, 0.25) is 0 Å². The topological polar surface area (TPSA) is 76.5 Å². The van der Waals surface area contributed by atoms with E-state index >= 15 is 0 Å². The van der Waals surface area contributed by atoms with Crippen LogP contribution in [0.3, 0.4) is 0 Å². The number of nitrogens with one attached hydrogen (secondary N) is 1. The van der Waals surface area contributed by atoms with Crippen LogP contribution >= 0.6 is 11.6 Å². The Labute approximate surface area is 144 Å². The molecule has 8 heteroatoms. The predicted octanol–water partition coefficient (Wildman–Crippen LogP) is 1.07. The number of fused-ring (bicyclic) bond motifs is 1. The summed E-state index contributed by atoms with van der Waals surface area (Å²) in [4.78, 5) is 26.0. The van der Waals surface area contributed by atoms with Crippen LogP contribution < -0.4 is 15.0 Å². The maximum Gasteiger partial charge on any atom is 0.263 e. The average molecular weight is 349 g/mol. The number of benzene rings is 1. The molecule has 2 heterocycles. The number of nitrogens with zero attached hydrogens (tertiary/aromatic N) is 3. The summed E-state index contributed by atoms with van der Waals surface area (Å²) in [5, 5.41) is 6.85. The zero-order valence-electron chi connectivity index (χ0n) is 13.1. The number of para-hydroxylation sites is 2. The van der Waals surface area contributed by atoms with Crippen LogP contribution in [0, 0.1) is 0 Å². The molecule has 1 aromatic heterocycles. The average Bonchev–Trinajstić information content (AvgIpc) is 3.03. The molecule has 2 amide bonds. The van der Waals surface area contributed by atoms with E-state index in [-0.39, 0.29) is 24.2 Å². The summed E-state index contributed by atoms with van der Waals surface area (Å²) in [6.45, 7) is 0.471. The number of anilines is 1.